The summed E-state index contributed by atoms with van der Waals surface area (Å²) in [7, 11) is -3.88. The Balaban J connectivity index is 1.28. The maximum atomic E-state index is 6.84. The molecule has 6 aromatic rings. The monoisotopic (exact) mass is 678 g/mol. The van der Waals surface area contributed by atoms with Gasteiger partial charge in [0.1, 0.15) is 46.4 Å². The number of ether oxygens (including phenoxy) is 1. The van der Waals surface area contributed by atoms with Crippen LogP contribution < -0.4 is 31.8 Å². The van der Waals surface area contributed by atoms with Crippen molar-refractivity contribution in [2.45, 2.75) is 32.3 Å². The second-order valence-electron chi connectivity index (χ2n) is 13.4. The van der Waals surface area contributed by atoms with Gasteiger partial charge >= 0.3 is 0 Å². The lowest BCUT2D eigenvalue weighted by atomic mass is 9.81. The van der Waals surface area contributed by atoms with Crippen LogP contribution in [0, 0.1) is 11.8 Å². The summed E-state index contributed by atoms with van der Waals surface area (Å²) in [6.45, 7) is 2.93. The van der Waals surface area contributed by atoms with Crippen molar-refractivity contribution in [2.75, 3.05) is 18.9 Å². The lowest BCUT2D eigenvalue weighted by Gasteiger charge is -2.40. The van der Waals surface area contributed by atoms with E-state index in [4.69, 9.17) is 4.74 Å². The van der Waals surface area contributed by atoms with Gasteiger partial charge in [0.15, 0.2) is 0 Å². The van der Waals surface area contributed by atoms with Crippen molar-refractivity contribution < 1.29 is 4.74 Å². The highest BCUT2D eigenvalue weighted by Crippen LogP contribution is 2.61. The van der Waals surface area contributed by atoms with Gasteiger partial charge in [0.2, 0.25) is 0 Å². The number of rotatable bonds is 12. The number of hydrogen-bond donors (Lipinski definition) is 0. The smallest absolute Gasteiger partial charge is 0.112 e. The molecule has 0 spiro atoms. The molecular formula is C46H48OP2+2. The number of benzene rings is 6. The Hall–Kier alpha value is -3.86. The largest absolute Gasteiger partial charge is 0.378 e. The first kappa shape index (κ1) is 33.6. The molecule has 0 heterocycles. The van der Waals surface area contributed by atoms with E-state index in [1.165, 1.54) is 44.7 Å². The fourth-order valence-electron chi connectivity index (χ4n) is 8.43. The maximum Gasteiger partial charge on any atom is 0.112 e. The van der Waals surface area contributed by atoms with Gasteiger partial charge < -0.3 is 4.74 Å². The van der Waals surface area contributed by atoms with E-state index in [0.29, 0.717) is 11.8 Å². The van der Waals surface area contributed by atoms with Crippen molar-refractivity contribution in [1.29, 1.82) is 0 Å². The summed E-state index contributed by atoms with van der Waals surface area (Å²) in [5.74, 6) is 1.04. The predicted molar refractivity (Wildman–Crippen MR) is 216 cm³/mol. The third kappa shape index (κ3) is 6.96. The molecular weight excluding hydrogens is 630 g/mol. The molecule has 246 valence electrons. The first-order chi connectivity index (χ1) is 24.2. The van der Waals surface area contributed by atoms with Crippen molar-refractivity contribution in [3.05, 3.63) is 182 Å². The molecule has 1 nitrogen and oxygen atoms in total. The van der Waals surface area contributed by atoms with Crippen molar-refractivity contribution >= 4 is 46.4 Å². The lowest BCUT2D eigenvalue weighted by Crippen LogP contribution is -2.43. The van der Waals surface area contributed by atoms with Crippen LogP contribution in [0.1, 0.15) is 26.2 Å². The second kappa shape index (κ2) is 15.8. The number of hydrogen-bond acceptors (Lipinski definition) is 1. The van der Waals surface area contributed by atoms with Crippen molar-refractivity contribution in [3.63, 3.8) is 0 Å². The molecule has 0 amide bonds. The molecule has 6 aromatic carbocycles. The van der Waals surface area contributed by atoms with E-state index < -0.39 is 14.5 Å². The first-order valence-electron chi connectivity index (χ1n) is 18.0. The molecule has 1 fully saturated rings. The van der Waals surface area contributed by atoms with Crippen LogP contribution in [0.4, 0.5) is 0 Å². The van der Waals surface area contributed by atoms with Crippen LogP contribution >= 0.6 is 14.5 Å². The fraction of sp³-hybridized carbons (Fsp3) is 0.217. The molecule has 3 unspecified atom stereocenters. The summed E-state index contributed by atoms with van der Waals surface area (Å²) in [5.41, 5.74) is 0. The third-order valence-corrected chi connectivity index (χ3v) is 19.8. The standard InChI is InChI=1S/C46H48OP2/c1-2-47-46-35-38(36-48(40-21-9-3-10-22-40,41-23-11-4-12-24-41)42-25-13-5-14-26-42)33-34-39(46)37-49(43-27-15-6-16-28-43,44-29-17-7-18-30-44)45-31-19-8-20-32-45/h3-32,38-39,46H,2,33-37H2,1H3/q+2. The summed E-state index contributed by atoms with van der Waals surface area (Å²) in [6.07, 6.45) is 6.02. The normalized spacial score (nSPS) is 18.2. The molecule has 0 saturated heterocycles. The summed E-state index contributed by atoms with van der Waals surface area (Å²) in [4.78, 5) is 0. The van der Waals surface area contributed by atoms with Gasteiger partial charge in [-0.05, 0) is 105 Å². The minimum absolute atomic E-state index is 0.225. The van der Waals surface area contributed by atoms with E-state index in [1.807, 2.05) is 0 Å². The van der Waals surface area contributed by atoms with Gasteiger partial charge in [0, 0.05) is 12.5 Å². The van der Waals surface area contributed by atoms with Gasteiger partial charge in [-0.3, -0.25) is 0 Å². The van der Waals surface area contributed by atoms with Gasteiger partial charge in [0.05, 0.1) is 18.4 Å². The molecule has 1 aliphatic carbocycles. The quantitative estimate of drug-likeness (QED) is 0.118. The Kier molecular flexibility index (Phi) is 10.8. The molecule has 0 bridgehead atoms. The fourth-order valence-corrected chi connectivity index (χ4v) is 17.8. The van der Waals surface area contributed by atoms with E-state index in [9.17, 15) is 0 Å². The highest BCUT2D eigenvalue weighted by molar-refractivity contribution is 7.96. The highest BCUT2D eigenvalue weighted by Gasteiger charge is 2.52. The molecule has 0 radical (unpaired) electrons. The van der Waals surface area contributed by atoms with Gasteiger partial charge in [-0.2, -0.15) is 0 Å². The average molecular weight is 679 g/mol. The van der Waals surface area contributed by atoms with E-state index in [0.717, 1.165) is 25.4 Å². The molecule has 0 aliphatic heterocycles. The van der Waals surface area contributed by atoms with Crippen LogP contribution in [0.2, 0.25) is 0 Å². The van der Waals surface area contributed by atoms with Crippen LogP contribution in [-0.4, -0.2) is 25.0 Å². The molecule has 7 rings (SSSR count). The molecule has 1 aliphatic rings. The predicted octanol–water partition coefficient (Wildman–Crippen LogP) is 8.80. The highest BCUT2D eigenvalue weighted by atomic mass is 31.2. The van der Waals surface area contributed by atoms with Crippen LogP contribution in [0.3, 0.4) is 0 Å². The zero-order valence-electron chi connectivity index (χ0n) is 28.6. The molecule has 3 heteroatoms. The topological polar surface area (TPSA) is 9.23 Å². The summed E-state index contributed by atoms with van der Waals surface area (Å²) in [6, 6.07) is 68.3. The van der Waals surface area contributed by atoms with E-state index in [2.05, 4.69) is 189 Å². The third-order valence-electron chi connectivity index (χ3n) is 10.6. The Labute approximate surface area is 295 Å². The Morgan fingerprint density at radius 3 is 1.04 bits per heavy atom. The summed E-state index contributed by atoms with van der Waals surface area (Å²) in [5, 5.41) is 8.82. The Morgan fingerprint density at radius 1 is 0.429 bits per heavy atom. The molecule has 0 aromatic heterocycles. The van der Waals surface area contributed by atoms with E-state index >= 15 is 0 Å². The molecule has 49 heavy (non-hydrogen) atoms. The Bertz CT molecular complexity index is 1650. The van der Waals surface area contributed by atoms with Gasteiger partial charge in [-0.1, -0.05) is 109 Å². The van der Waals surface area contributed by atoms with E-state index in [1.54, 1.807) is 0 Å². The summed E-state index contributed by atoms with van der Waals surface area (Å²) < 4.78 is 6.84. The Morgan fingerprint density at radius 2 is 0.735 bits per heavy atom. The van der Waals surface area contributed by atoms with Gasteiger partial charge in [0.25, 0.3) is 0 Å². The van der Waals surface area contributed by atoms with Crippen molar-refractivity contribution in [2.24, 2.45) is 11.8 Å². The van der Waals surface area contributed by atoms with Crippen LogP contribution in [0.5, 0.6) is 0 Å². The molecule has 3 atom stereocenters. The van der Waals surface area contributed by atoms with Crippen LogP contribution in [0.15, 0.2) is 182 Å². The SMILES string of the molecule is CCOC1CC(C[P+](c2ccccc2)(c2ccccc2)c2ccccc2)CCC1C[P+](c1ccccc1)(c1ccccc1)c1ccccc1. The summed E-state index contributed by atoms with van der Waals surface area (Å²) >= 11 is 0. The first-order valence-corrected chi connectivity index (χ1v) is 21.9. The minimum Gasteiger partial charge on any atom is -0.378 e. The van der Waals surface area contributed by atoms with Crippen LogP contribution in [0.25, 0.3) is 0 Å². The van der Waals surface area contributed by atoms with Gasteiger partial charge in [-0.25, -0.2) is 0 Å². The average Bonchev–Trinajstić information content (AvgIpc) is 3.19. The molecule has 1 saturated carbocycles. The molecule has 0 N–H and O–H groups in total. The minimum atomic E-state index is -1.96. The van der Waals surface area contributed by atoms with Crippen molar-refractivity contribution in [3.8, 4) is 0 Å². The van der Waals surface area contributed by atoms with E-state index in [-0.39, 0.29) is 6.10 Å². The van der Waals surface area contributed by atoms with Gasteiger partial charge in [-0.15, -0.1) is 0 Å². The van der Waals surface area contributed by atoms with Crippen molar-refractivity contribution in [1.82, 2.24) is 0 Å². The lowest BCUT2D eigenvalue weighted by molar-refractivity contribution is -0.00980. The second-order valence-corrected chi connectivity index (χ2v) is 20.5. The maximum absolute atomic E-state index is 6.84. The van der Waals surface area contributed by atoms with Crippen LogP contribution in [-0.2, 0) is 4.74 Å². The zero-order valence-corrected chi connectivity index (χ0v) is 30.4. The zero-order chi connectivity index (χ0) is 33.4.